The van der Waals surface area contributed by atoms with Gasteiger partial charge in [0.15, 0.2) is 0 Å². The molecule has 0 heterocycles. The van der Waals surface area contributed by atoms with Crippen LogP contribution in [0.5, 0.6) is 0 Å². The lowest BCUT2D eigenvalue weighted by atomic mass is 10.0. The van der Waals surface area contributed by atoms with E-state index in [1.807, 2.05) is 27.7 Å². The molecule has 0 bridgehead atoms. The number of rotatable bonds is 11. The molecule has 0 aromatic carbocycles. The van der Waals surface area contributed by atoms with E-state index in [2.05, 4.69) is 0 Å². The second kappa shape index (κ2) is 11.4. The number of carbonyl (C=O) groups excluding carboxylic acids is 2. The first-order valence-electron chi connectivity index (χ1n) is 8.08. The molecule has 0 spiro atoms. The van der Waals surface area contributed by atoms with Crippen molar-refractivity contribution in [3.05, 3.63) is 0 Å². The third kappa shape index (κ3) is 9.82. The summed E-state index contributed by atoms with van der Waals surface area (Å²) in [6, 6.07) is 0. The molecule has 0 radical (unpaired) electrons. The predicted octanol–water partition coefficient (Wildman–Crippen LogP) is -0.391. The highest BCUT2D eigenvalue weighted by Crippen LogP contribution is 2.11. The molecule has 4 atom stereocenters. The standard InChI is InChI=1S/C16H30O8/c1-9(2)5-13(19)24-8-12(18)16(22)15(21)11(17)6-14(20)23-7-10(3)4/h9-12,15-18,21-22H,5-8H2,1-4H3/t11-,12-,15-,16-/m1/s1. The van der Waals surface area contributed by atoms with Crippen molar-refractivity contribution in [1.82, 2.24) is 0 Å². The number of esters is 2. The van der Waals surface area contributed by atoms with E-state index >= 15 is 0 Å². The lowest BCUT2D eigenvalue weighted by molar-refractivity contribution is -0.159. The number of aliphatic hydroxyl groups excluding tert-OH is 4. The van der Waals surface area contributed by atoms with Crippen molar-refractivity contribution in [1.29, 1.82) is 0 Å². The average molecular weight is 350 g/mol. The molecule has 0 fully saturated rings. The molecule has 0 aliphatic carbocycles. The van der Waals surface area contributed by atoms with Gasteiger partial charge < -0.3 is 29.9 Å². The minimum absolute atomic E-state index is 0.0869. The van der Waals surface area contributed by atoms with Gasteiger partial charge in [-0.25, -0.2) is 0 Å². The lowest BCUT2D eigenvalue weighted by Gasteiger charge is -2.26. The zero-order valence-corrected chi connectivity index (χ0v) is 14.7. The van der Waals surface area contributed by atoms with Gasteiger partial charge in [-0.2, -0.15) is 0 Å². The Labute approximate surface area is 142 Å². The molecule has 0 aromatic heterocycles. The normalized spacial score (nSPS) is 16.6. The summed E-state index contributed by atoms with van der Waals surface area (Å²) < 4.78 is 9.64. The summed E-state index contributed by atoms with van der Waals surface area (Å²) in [6.07, 6.45) is -7.11. The zero-order chi connectivity index (χ0) is 18.9. The molecule has 8 nitrogen and oxygen atoms in total. The van der Waals surface area contributed by atoms with Crippen molar-refractivity contribution in [2.24, 2.45) is 11.8 Å². The Hall–Kier alpha value is -1.22. The van der Waals surface area contributed by atoms with Gasteiger partial charge in [-0.3, -0.25) is 9.59 Å². The highest BCUT2D eigenvalue weighted by Gasteiger charge is 2.32. The highest BCUT2D eigenvalue weighted by molar-refractivity contribution is 5.70. The van der Waals surface area contributed by atoms with Crippen LogP contribution in [0.3, 0.4) is 0 Å². The van der Waals surface area contributed by atoms with Gasteiger partial charge in [0, 0.05) is 6.42 Å². The molecular weight excluding hydrogens is 320 g/mol. The molecule has 8 heteroatoms. The molecule has 4 N–H and O–H groups in total. The first-order valence-corrected chi connectivity index (χ1v) is 8.08. The molecule has 0 unspecified atom stereocenters. The van der Waals surface area contributed by atoms with Crippen LogP contribution in [0.15, 0.2) is 0 Å². The summed E-state index contributed by atoms with van der Waals surface area (Å²) in [5.74, 6) is -1.04. The molecule has 142 valence electrons. The van der Waals surface area contributed by atoms with E-state index in [0.717, 1.165) is 0 Å². The van der Waals surface area contributed by atoms with E-state index in [-0.39, 0.29) is 24.9 Å². The monoisotopic (exact) mass is 350 g/mol. The van der Waals surface area contributed by atoms with Gasteiger partial charge in [-0.05, 0) is 11.8 Å². The van der Waals surface area contributed by atoms with Gasteiger partial charge in [-0.1, -0.05) is 27.7 Å². The van der Waals surface area contributed by atoms with Gasteiger partial charge in [0.1, 0.15) is 24.9 Å². The van der Waals surface area contributed by atoms with Crippen molar-refractivity contribution in [2.45, 2.75) is 65.0 Å². The van der Waals surface area contributed by atoms with Crippen LogP contribution in [0.4, 0.5) is 0 Å². The maximum absolute atomic E-state index is 11.5. The first-order chi connectivity index (χ1) is 11.0. The van der Waals surface area contributed by atoms with Gasteiger partial charge in [-0.15, -0.1) is 0 Å². The Morgan fingerprint density at radius 2 is 1.17 bits per heavy atom. The van der Waals surface area contributed by atoms with Crippen molar-refractivity contribution in [2.75, 3.05) is 13.2 Å². The fourth-order valence-electron chi connectivity index (χ4n) is 1.73. The lowest BCUT2D eigenvalue weighted by Crippen LogP contribution is -2.47. The van der Waals surface area contributed by atoms with Gasteiger partial charge in [0.05, 0.1) is 19.1 Å². The Morgan fingerprint density at radius 3 is 1.67 bits per heavy atom. The Morgan fingerprint density at radius 1 is 0.708 bits per heavy atom. The Balaban J connectivity index is 4.28. The SMILES string of the molecule is CC(C)COC(=O)C[C@@H](O)[C@@H](O)[C@H](O)[C@H](O)COC(=O)CC(C)C. The molecule has 0 aliphatic rings. The zero-order valence-electron chi connectivity index (χ0n) is 14.7. The van der Waals surface area contributed by atoms with Crippen LogP contribution in [0.2, 0.25) is 0 Å². The molecular formula is C16H30O8. The van der Waals surface area contributed by atoms with Crippen LogP contribution in [0, 0.1) is 11.8 Å². The highest BCUT2D eigenvalue weighted by atomic mass is 16.5. The topological polar surface area (TPSA) is 134 Å². The molecule has 0 aliphatic heterocycles. The predicted molar refractivity (Wildman–Crippen MR) is 84.9 cm³/mol. The van der Waals surface area contributed by atoms with E-state index in [9.17, 15) is 30.0 Å². The average Bonchev–Trinajstić information content (AvgIpc) is 2.48. The number of aliphatic hydroxyl groups is 4. The van der Waals surface area contributed by atoms with Crippen LogP contribution < -0.4 is 0 Å². The maximum Gasteiger partial charge on any atom is 0.308 e. The summed E-state index contributed by atoms with van der Waals surface area (Å²) in [5, 5.41) is 39.0. The summed E-state index contributed by atoms with van der Waals surface area (Å²) in [5.41, 5.74) is 0. The second-order valence-electron chi connectivity index (χ2n) is 6.68. The summed E-state index contributed by atoms with van der Waals surface area (Å²) in [6.45, 7) is 7.00. The second-order valence-corrected chi connectivity index (χ2v) is 6.68. The molecule has 0 saturated heterocycles. The minimum Gasteiger partial charge on any atom is -0.465 e. The fraction of sp³-hybridized carbons (Fsp3) is 0.875. The maximum atomic E-state index is 11.5. The number of ether oxygens (including phenoxy) is 2. The number of hydrogen-bond donors (Lipinski definition) is 4. The fourth-order valence-corrected chi connectivity index (χ4v) is 1.73. The quantitative estimate of drug-likeness (QED) is 0.370. The third-order valence-corrected chi connectivity index (χ3v) is 3.08. The summed E-state index contributed by atoms with van der Waals surface area (Å²) in [7, 11) is 0. The largest absolute Gasteiger partial charge is 0.465 e. The number of carbonyl (C=O) groups is 2. The third-order valence-electron chi connectivity index (χ3n) is 3.08. The Kier molecular flexibility index (Phi) is 10.8. The number of hydrogen-bond acceptors (Lipinski definition) is 8. The van der Waals surface area contributed by atoms with Crippen LogP contribution in [-0.4, -0.2) is 70.0 Å². The van der Waals surface area contributed by atoms with Crippen molar-refractivity contribution in [3.8, 4) is 0 Å². The van der Waals surface area contributed by atoms with E-state index in [1.165, 1.54) is 0 Å². The summed E-state index contributed by atoms with van der Waals surface area (Å²) in [4.78, 5) is 22.8. The molecule has 0 rings (SSSR count). The van der Waals surface area contributed by atoms with Gasteiger partial charge >= 0.3 is 11.9 Å². The van der Waals surface area contributed by atoms with Gasteiger partial charge in [0.2, 0.25) is 0 Å². The smallest absolute Gasteiger partial charge is 0.308 e. The molecule has 0 aromatic rings. The molecule has 0 amide bonds. The van der Waals surface area contributed by atoms with E-state index in [1.54, 1.807) is 0 Å². The van der Waals surface area contributed by atoms with E-state index < -0.39 is 49.4 Å². The first kappa shape index (κ1) is 22.8. The van der Waals surface area contributed by atoms with Crippen LogP contribution in [-0.2, 0) is 19.1 Å². The van der Waals surface area contributed by atoms with Crippen molar-refractivity contribution >= 4 is 11.9 Å². The van der Waals surface area contributed by atoms with Crippen LogP contribution in [0.1, 0.15) is 40.5 Å². The Bertz CT molecular complexity index is 382. The van der Waals surface area contributed by atoms with E-state index in [0.29, 0.717) is 0 Å². The van der Waals surface area contributed by atoms with Gasteiger partial charge in [0.25, 0.3) is 0 Å². The minimum atomic E-state index is -1.78. The molecule has 24 heavy (non-hydrogen) atoms. The van der Waals surface area contributed by atoms with Crippen LogP contribution >= 0.6 is 0 Å². The van der Waals surface area contributed by atoms with E-state index in [4.69, 9.17) is 9.47 Å². The van der Waals surface area contributed by atoms with Crippen molar-refractivity contribution in [3.63, 3.8) is 0 Å². The summed E-state index contributed by atoms with van der Waals surface area (Å²) >= 11 is 0. The molecule has 0 saturated carbocycles. The van der Waals surface area contributed by atoms with Crippen molar-refractivity contribution < 1.29 is 39.5 Å². The van der Waals surface area contributed by atoms with Crippen LogP contribution in [0.25, 0.3) is 0 Å².